The highest BCUT2D eigenvalue weighted by Gasteiger charge is 2.49. The molecular weight excluding hydrogens is 518 g/mol. The molecule has 0 spiro atoms. The van der Waals surface area contributed by atoms with Crippen LogP contribution in [0.4, 0.5) is 0 Å². The lowest BCUT2D eigenvalue weighted by atomic mass is 9.63. The Kier molecular flexibility index (Phi) is 7.58. The third-order valence-corrected chi connectivity index (χ3v) is 8.33. The maximum absolute atomic E-state index is 13.9. The van der Waals surface area contributed by atoms with Crippen molar-refractivity contribution in [2.45, 2.75) is 72.3 Å². The first-order valence-electron chi connectivity index (χ1n) is 14.3. The normalized spacial score (nSPS) is 20.1. The van der Waals surface area contributed by atoms with Crippen LogP contribution in [0.3, 0.4) is 0 Å². The lowest BCUT2D eigenvalue weighted by Gasteiger charge is -2.49. The van der Waals surface area contributed by atoms with Crippen LogP contribution in [0.25, 0.3) is 0 Å². The molecule has 0 amide bonds. The van der Waals surface area contributed by atoms with Gasteiger partial charge >= 0.3 is 5.97 Å². The minimum Gasteiger partial charge on any atom is -0.493 e. The van der Waals surface area contributed by atoms with E-state index in [4.69, 9.17) is 9.47 Å². The number of Topliss-reactive ketones (excluding diaryl/α,β-unsaturated/α-hetero) is 2. The van der Waals surface area contributed by atoms with Gasteiger partial charge in [0.25, 0.3) is 0 Å². The highest BCUT2D eigenvalue weighted by molar-refractivity contribution is 6.06. The first-order valence-corrected chi connectivity index (χ1v) is 14.3. The van der Waals surface area contributed by atoms with Crippen molar-refractivity contribution in [1.29, 1.82) is 0 Å². The molecule has 0 unspecified atom stereocenters. The second-order valence-electron chi connectivity index (χ2n) is 13.0. The molecule has 216 valence electrons. The van der Waals surface area contributed by atoms with Crippen molar-refractivity contribution >= 4 is 17.5 Å². The Labute approximate surface area is 241 Å². The van der Waals surface area contributed by atoms with E-state index in [0.717, 1.165) is 22.5 Å². The number of carbonyl (C=O) groups excluding carboxylic acids is 2. The summed E-state index contributed by atoms with van der Waals surface area (Å²) in [6.07, 6.45) is 1.92. The maximum atomic E-state index is 13.9. The summed E-state index contributed by atoms with van der Waals surface area (Å²) in [5.74, 6) is -0.318. The van der Waals surface area contributed by atoms with Gasteiger partial charge in [-0.25, -0.2) is 0 Å². The van der Waals surface area contributed by atoms with E-state index in [9.17, 15) is 19.5 Å². The second kappa shape index (κ2) is 10.8. The summed E-state index contributed by atoms with van der Waals surface area (Å²) in [6.45, 7) is 8.88. The summed E-state index contributed by atoms with van der Waals surface area (Å²) >= 11 is 0. The molecular formula is C34H39NO6. The number of carboxylic acids is 1. The first kappa shape index (κ1) is 28.7. The average Bonchev–Trinajstić information content (AvgIpc) is 2.89. The smallest absolute Gasteiger partial charge is 0.305 e. The van der Waals surface area contributed by atoms with Gasteiger partial charge in [-0.2, -0.15) is 0 Å². The Morgan fingerprint density at radius 3 is 2.00 bits per heavy atom. The van der Waals surface area contributed by atoms with Crippen molar-refractivity contribution in [3.05, 3.63) is 82.2 Å². The van der Waals surface area contributed by atoms with Crippen molar-refractivity contribution in [1.82, 2.24) is 4.90 Å². The molecule has 0 fully saturated rings. The van der Waals surface area contributed by atoms with Crippen molar-refractivity contribution in [2.75, 3.05) is 13.7 Å². The Hall–Kier alpha value is -3.87. The molecule has 3 aliphatic rings. The van der Waals surface area contributed by atoms with Gasteiger partial charge in [0.1, 0.15) is 6.61 Å². The number of rotatable bonds is 8. The molecule has 2 aromatic rings. The van der Waals surface area contributed by atoms with E-state index in [1.54, 1.807) is 7.11 Å². The minimum atomic E-state index is -0.907. The number of benzene rings is 2. The topological polar surface area (TPSA) is 93.1 Å². The number of aliphatic carboxylic acids is 1. The molecule has 0 saturated heterocycles. The summed E-state index contributed by atoms with van der Waals surface area (Å²) in [5.41, 5.74) is 4.20. The summed E-state index contributed by atoms with van der Waals surface area (Å²) in [5, 5.41) is 9.56. The predicted molar refractivity (Wildman–Crippen MR) is 156 cm³/mol. The average molecular weight is 558 g/mol. The number of ether oxygens (including phenoxy) is 2. The third-order valence-electron chi connectivity index (χ3n) is 8.33. The van der Waals surface area contributed by atoms with E-state index in [0.29, 0.717) is 54.9 Å². The molecule has 0 aromatic heterocycles. The zero-order valence-electron chi connectivity index (χ0n) is 24.6. The molecule has 0 bridgehead atoms. The minimum absolute atomic E-state index is 0.00845. The monoisotopic (exact) mass is 557 g/mol. The van der Waals surface area contributed by atoms with Gasteiger partial charge in [-0.3, -0.25) is 14.4 Å². The Morgan fingerprint density at radius 2 is 1.46 bits per heavy atom. The fourth-order valence-electron chi connectivity index (χ4n) is 6.58. The summed E-state index contributed by atoms with van der Waals surface area (Å²) in [4.78, 5) is 41.5. The van der Waals surface area contributed by atoms with Crippen molar-refractivity contribution < 1.29 is 29.0 Å². The molecule has 1 N–H and O–H groups in total. The number of hydrogen-bond donors (Lipinski definition) is 1. The van der Waals surface area contributed by atoms with E-state index in [2.05, 4.69) is 27.7 Å². The molecule has 5 rings (SSSR count). The summed E-state index contributed by atoms with van der Waals surface area (Å²) < 4.78 is 11.8. The summed E-state index contributed by atoms with van der Waals surface area (Å²) in [6, 6.07) is 15.5. The van der Waals surface area contributed by atoms with Gasteiger partial charge in [0.15, 0.2) is 23.1 Å². The fraction of sp³-hybridized carbons (Fsp3) is 0.441. The van der Waals surface area contributed by atoms with Crippen LogP contribution in [0.2, 0.25) is 0 Å². The molecule has 41 heavy (non-hydrogen) atoms. The van der Waals surface area contributed by atoms with Crippen LogP contribution >= 0.6 is 0 Å². The SMILES string of the molecule is COc1cc(C2C3=C(CC(C)(C)CC3=O)N(CCC(=O)O)C3=C2C(=O)CC(C)(C)C3)ccc1OCc1ccccc1. The van der Waals surface area contributed by atoms with Crippen molar-refractivity contribution in [3.63, 3.8) is 0 Å². The van der Waals surface area contributed by atoms with E-state index in [-0.39, 0.29) is 35.4 Å². The Bertz CT molecular complexity index is 1390. The number of ketones is 2. The van der Waals surface area contributed by atoms with Gasteiger partial charge in [0.2, 0.25) is 0 Å². The van der Waals surface area contributed by atoms with Crippen LogP contribution in [0.15, 0.2) is 71.1 Å². The van der Waals surface area contributed by atoms with E-state index in [1.807, 2.05) is 53.4 Å². The predicted octanol–water partition coefficient (Wildman–Crippen LogP) is 6.43. The number of carboxylic acid groups (broad SMARTS) is 1. The largest absolute Gasteiger partial charge is 0.493 e. The first-order chi connectivity index (χ1) is 19.4. The van der Waals surface area contributed by atoms with E-state index >= 15 is 0 Å². The van der Waals surface area contributed by atoms with E-state index in [1.165, 1.54) is 0 Å². The van der Waals surface area contributed by atoms with Gasteiger partial charge in [-0.1, -0.05) is 64.1 Å². The van der Waals surface area contributed by atoms with Crippen LogP contribution in [-0.4, -0.2) is 41.2 Å². The van der Waals surface area contributed by atoms with Crippen molar-refractivity contribution in [2.24, 2.45) is 10.8 Å². The van der Waals surface area contributed by atoms with Crippen LogP contribution in [0.1, 0.15) is 76.8 Å². The Balaban J connectivity index is 1.63. The highest BCUT2D eigenvalue weighted by atomic mass is 16.5. The lowest BCUT2D eigenvalue weighted by Crippen LogP contribution is -2.45. The Morgan fingerprint density at radius 1 is 0.878 bits per heavy atom. The molecule has 1 heterocycles. The molecule has 0 radical (unpaired) electrons. The van der Waals surface area contributed by atoms with Crippen molar-refractivity contribution in [3.8, 4) is 11.5 Å². The van der Waals surface area contributed by atoms with Gasteiger partial charge in [0.05, 0.1) is 13.5 Å². The molecule has 0 saturated carbocycles. The number of carbonyl (C=O) groups is 3. The number of allylic oxidation sites excluding steroid dienone is 4. The zero-order valence-corrected chi connectivity index (χ0v) is 24.6. The second-order valence-corrected chi connectivity index (χ2v) is 13.0. The van der Waals surface area contributed by atoms with E-state index < -0.39 is 11.9 Å². The number of methoxy groups -OCH3 is 1. The quantitative estimate of drug-likeness (QED) is 0.400. The molecule has 1 aliphatic heterocycles. The molecule has 2 aromatic carbocycles. The number of hydrogen-bond acceptors (Lipinski definition) is 6. The van der Waals surface area contributed by atoms with Crippen LogP contribution in [0, 0.1) is 10.8 Å². The highest BCUT2D eigenvalue weighted by Crippen LogP contribution is 2.55. The zero-order chi connectivity index (χ0) is 29.5. The van der Waals surface area contributed by atoms with Gasteiger partial charge < -0.3 is 19.5 Å². The third kappa shape index (κ3) is 5.81. The molecule has 0 atom stereocenters. The summed E-state index contributed by atoms with van der Waals surface area (Å²) in [7, 11) is 1.58. The van der Waals surface area contributed by atoms with Crippen LogP contribution in [-0.2, 0) is 21.0 Å². The lowest BCUT2D eigenvalue weighted by molar-refractivity contribution is -0.137. The van der Waals surface area contributed by atoms with Gasteiger partial charge in [0, 0.05) is 47.8 Å². The molecule has 7 nitrogen and oxygen atoms in total. The van der Waals surface area contributed by atoms with Gasteiger partial charge in [-0.05, 0) is 46.9 Å². The fourth-order valence-corrected chi connectivity index (χ4v) is 6.58. The molecule has 2 aliphatic carbocycles. The van der Waals surface area contributed by atoms with Crippen LogP contribution < -0.4 is 9.47 Å². The standard InChI is InChI=1S/C34H39NO6/c1-33(2)16-23-31(25(36)18-33)30(32-24(35(23)14-13-29(38)39)17-34(3,4)19-26(32)37)22-11-12-27(28(15-22)40-5)41-20-21-9-7-6-8-10-21/h6-12,15,30H,13-14,16-20H2,1-5H3,(H,38,39). The number of nitrogens with zero attached hydrogens (tertiary/aromatic N) is 1. The van der Waals surface area contributed by atoms with Crippen LogP contribution in [0.5, 0.6) is 11.5 Å². The molecule has 7 heteroatoms. The maximum Gasteiger partial charge on any atom is 0.305 e. The van der Waals surface area contributed by atoms with Gasteiger partial charge in [-0.15, -0.1) is 0 Å².